The first-order chi connectivity index (χ1) is 9.76. The zero-order chi connectivity index (χ0) is 13.9. The molecule has 1 aromatic rings. The summed E-state index contributed by atoms with van der Waals surface area (Å²) in [6.45, 7) is 4.47. The van der Waals surface area contributed by atoms with E-state index in [2.05, 4.69) is 29.2 Å². The Morgan fingerprint density at radius 3 is 2.45 bits per heavy atom. The van der Waals surface area contributed by atoms with E-state index in [4.69, 9.17) is 5.73 Å². The van der Waals surface area contributed by atoms with Crippen molar-refractivity contribution in [1.29, 1.82) is 0 Å². The van der Waals surface area contributed by atoms with Gasteiger partial charge in [0.15, 0.2) is 0 Å². The van der Waals surface area contributed by atoms with Gasteiger partial charge in [-0.05, 0) is 43.0 Å². The van der Waals surface area contributed by atoms with Crippen LogP contribution in [0.2, 0.25) is 0 Å². The molecule has 1 unspecified atom stereocenters. The van der Waals surface area contributed by atoms with Gasteiger partial charge in [-0.1, -0.05) is 12.1 Å². The third-order valence-corrected chi connectivity index (χ3v) is 4.41. The Balaban J connectivity index is 1.62. The van der Waals surface area contributed by atoms with Crippen LogP contribution in [0, 0.1) is 5.92 Å². The summed E-state index contributed by atoms with van der Waals surface area (Å²) in [7, 11) is 0. The molecule has 2 aliphatic heterocycles. The highest BCUT2D eigenvalue weighted by atomic mass is 16.2. The molecule has 2 N–H and O–H groups in total. The Kier molecular flexibility index (Phi) is 3.92. The van der Waals surface area contributed by atoms with Crippen molar-refractivity contribution in [2.24, 2.45) is 11.7 Å². The first-order valence-electron chi connectivity index (χ1n) is 7.58. The number of hydrogen-bond acceptors (Lipinski definition) is 3. The fraction of sp³-hybridized carbons (Fsp3) is 0.562. The summed E-state index contributed by atoms with van der Waals surface area (Å²) in [5.74, 6) is 0.579. The molecule has 0 aliphatic carbocycles. The van der Waals surface area contributed by atoms with Gasteiger partial charge in [0.25, 0.3) is 0 Å². The van der Waals surface area contributed by atoms with Crippen LogP contribution in [-0.2, 0) is 11.3 Å². The van der Waals surface area contributed by atoms with Crippen LogP contribution in [0.25, 0.3) is 0 Å². The maximum Gasteiger partial charge on any atom is 0.223 e. The van der Waals surface area contributed by atoms with E-state index in [1.165, 1.54) is 37.2 Å². The highest BCUT2D eigenvalue weighted by molar-refractivity contribution is 5.78. The Morgan fingerprint density at radius 2 is 1.85 bits per heavy atom. The van der Waals surface area contributed by atoms with Crippen LogP contribution in [-0.4, -0.2) is 37.0 Å². The van der Waals surface area contributed by atoms with Crippen molar-refractivity contribution in [2.75, 3.05) is 31.1 Å². The minimum Gasteiger partial charge on any atom is -0.372 e. The number of nitrogens with zero attached hydrogens (tertiary/aromatic N) is 2. The van der Waals surface area contributed by atoms with Gasteiger partial charge in [0, 0.05) is 38.3 Å². The van der Waals surface area contributed by atoms with Crippen molar-refractivity contribution >= 4 is 11.6 Å². The Morgan fingerprint density at radius 1 is 1.15 bits per heavy atom. The van der Waals surface area contributed by atoms with E-state index in [1.54, 1.807) is 0 Å². The molecular weight excluding hydrogens is 250 g/mol. The maximum atomic E-state index is 11.9. The molecule has 1 aromatic carbocycles. The van der Waals surface area contributed by atoms with Gasteiger partial charge < -0.3 is 15.5 Å². The van der Waals surface area contributed by atoms with E-state index in [1.807, 2.05) is 4.90 Å². The number of anilines is 1. The van der Waals surface area contributed by atoms with E-state index in [0.29, 0.717) is 18.9 Å². The molecule has 108 valence electrons. The second-order valence-electron chi connectivity index (χ2n) is 5.94. The van der Waals surface area contributed by atoms with Gasteiger partial charge in [-0.2, -0.15) is 0 Å². The average Bonchev–Trinajstić information content (AvgIpc) is 3.10. The summed E-state index contributed by atoms with van der Waals surface area (Å²) < 4.78 is 0. The fourth-order valence-electron chi connectivity index (χ4n) is 3.17. The first kappa shape index (κ1) is 13.4. The standard InChI is InChI=1S/C16H23N3O/c17-10-14-9-16(20)19(12-14)11-13-3-5-15(6-4-13)18-7-1-2-8-18/h3-6,14H,1-2,7-12,17H2. The molecule has 1 amide bonds. The third kappa shape index (κ3) is 2.80. The molecule has 0 spiro atoms. The maximum absolute atomic E-state index is 11.9. The molecule has 1 atom stereocenters. The summed E-state index contributed by atoms with van der Waals surface area (Å²) in [4.78, 5) is 16.2. The van der Waals surface area contributed by atoms with Crippen LogP contribution < -0.4 is 10.6 Å². The second-order valence-corrected chi connectivity index (χ2v) is 5.94. The fourth-order valence-corrected chi connectivity index (χ4v) is 3.17. The molecule has 20 heavy (non-hydrogen) atoms. The molecule has 2 fully saturated rings. The van der Waals surface area contributed by atoms with E-state index >= 15 is 0 Å². The number of carbonyl (C=O) groups excluding carboxylic acids is 1. The molecule has 0 aromatic heterocycles. The lowest BCUT2D eigenvalue weighted by molar-refractivity contribution is -0.128. The van der Waals surface area contributed by atoms with Gasteiger partial charge in [-0.3, -0.25) is 4.79 Å². The normalized spacial score (nSPS) is 22.9. The van der Waals surface area contributed by atoms with Crippen LogP contribution in [0.5, 0.6) is 0 Å². The smallest absolute Gasteiger partial charge is 0.223 e. The molecule has 2 heterocycles. The third-order valence-electron chi connectivity index (χ3n) is 4.41. The molecular formula is C16H23N3O. The minimum absolute atomic E-state index is 0.240. The number of carbonyl (C=O) groups is 1. The monoisotopic (exact) mass is 273 g/mol. The minimum atomic E-state index is 0.240. The number of benzene rings is 1. The van der Waals surface area contributed by atoms with Crippen molar-refractivity contribution in [2.45, 2.75) is 25.8 Å². The lowest BCUT2D eigenvalue weighted by Crippen LogP contribution is -2.25. The summed E-state index contributed by atoms with van der Waals surface area (Å²) >= 11 is 0. The highest BCUT2D eigenvalue weighted by Gasteiger charge is 2.28. The SMILES string of the molecule is NCC1CC(=O)N(Cc2ccc(N3CCCC3)cc2)C1. The summed E-state index contributed by atoms with van der Waals surface area (Å²) in [6.07, 6.45) is 3.21. The van der Waals surface area contributed by atoms with Crippen molar-refractivity contribution in [3.05, 3.63) is 29.8 Å². The van der Waals surface area contributed by atoms with Crippen molar-refractivity contribution in [3.63, 3.8) is 0 Å². The number of likely N-dealkylation sites (tertiary alicyclic amines) is 1. The molecule has 0 radical (unpaired) electrons. The van der Waals surface area contributed by atoms with E-state index in [0.717, 1.165) is 13.1 Å². The molecule has 2 aliphatic rings. The quantitative estimate of drug-likeness (QED) is 0.906. The van der Waals surface area contributed by atoms with Crippen molar-refractivity contribution < 1.29 is 4.79 Å². The molecule has 0 bridgehead atoms. The van der Waals surface area contributed by atoms with Gasteiger partial charge >= 0.3 is 0 Å². The lowest BCUT2D eigenvalue weighted by Gasteiger charge is -2.19. The van der Waals surface area contributed by atoms with E-state index in [9.17, 15) is 4.79 Å². The number of hydrogen-bond donors (Lipinski definition) is 1. The number of rotatable bonds is 4. The zero-order valence-corrected chi connectivity index (χ0v) is 11.9. The zero-order valence-electron chi connectivity index (χ0n) is 11.9. The molecule has 4 heteroatoms. The predicted octanol–water partition coefficient (Wildman–Crippen LogP) is 1.59. The Labute approximate surface area is 120 Å². The van der Waals surface area contributed by atoms with Crippen LogP contribution >= 0.6 is 0 Å². The molecule has 0 saturated carbocycles. The Hall–Kier alpha value is -1.55. The summed E-state index contributed by atoms with van der Waals surface area (Å²) in [6, 6.07) is 8.66. The van der Waals surface area contributed by atoms with Crippen molar-refractivity contribution in [3.8, 4) is 0 Å². The van der Waals surface area contributed by atoms with Crippen LogP contribution in [0.3, 0.4) is 0 Å². The predicted molar refractivity (Wildman–Crippen MR) is 80.5 cm³/mol. The average molecular weight is 273 g/mol. The van der Waals surface area contributed by atoms with Gasteiger partial charge in [0.1, 0.15) is 0 Å². The Bertz CT molecular complexity index is 465. The van der Waals surface area contributed by atoms with Crippen LogP contribution in [0.4, 0.5) is 5.69 Å². The largest absolute Gasteiger partial charge is 0.372 e. The van der Waals surface area contributed by atoms with Gasteiger partial charge in [-0.25, -0.2) is 0 Å². The van der Waals surface area contributed by atoms with Gasteiger partial charge in [0.2, 0.25) is 5.91 Å². The number of nitrogens with two attached hydrogens (primary N) is 1. The second kappa shape index (κ2) is 5.83. The van der Waals surface area contributed by atoms with Crippen molar-refractivity contribution in [1.82, 2.24) is 4.90 Å². The number of amides is 1. The van der Waals surface area contributed by atoms with Crippen LogP contribution in [0.15, 0.2) is 24.3 Å². The summed E-state index contributed by atoms with van der Waals surface area (Å²) in [5, 5.41) is 0. The topological polar surface area (TPSA) is 49.6 Å². The van der Waals surface area contributed by atoms with Gasteiger partial charge in [-0.15, -0.1) is 0 Å². The summed E-state index contributed by atoms with van der Waals surface area (Å²) in [5.41, 5.74) is 8.17. The molecule has 3 rings (SSSR count). The van der Waals surface area contributed by atoms with E-state index < -0.39 is 0 Å². The lowest BCUT2D eigenvalue weighted by atomic mass is 10.1. The first-order valence-corrected chi connectivity index (χ1v) is 7.58. The molecule has 2 saturated heterocycles. The highest BCUT2D eigenvalue weighted by Crippen LogP contribution is 2.23. The van der Waals surface area contributed by atoms with Crippen LogP contribution in [0.1, 0.15) is 24.8 Å². The molecule has 4 nitrogen and oxygen atoms in total. The van der Waals surface area contributed by atoms with E-state index in [-0.39, 0.29) is 5.91 Å². The van der Waals surface area contributed by atoms with Gasteiger partial charge in [0.05, 0.1) is 0 Å².